The lowest BCUT2D eigenvalue weighted by molar-refractivity contribution is 0.621. The summed E-state index contributed by atoms with van der Waals surface area (Å²) in [6.45, 7) is 0.761. The number of fused-ring (bicyclic) bond motifs is 1. The van der Waals surface area contributed by atoms with Crippen molar-refractivity contribution in [1.82, 2.24) is 9.55 Å². The monoisotopic (exact) mass is 308 g/mol. The zero-order valence-electron chi connectivity index (χ0n) is 11.7. The first-order valence-corrected chi connectivity index (χ1v) is 7.90. The summed E-state index contributed by atoms with van der Waals surface area (Å²) in [5.41, 5.74) is 3.04. The molecule has 0 aliphatic heterocycles. The van der Waals surface area contributed by atoms with Crippen LogP contribution in [0.25, 0.3) is 21.3 Å². The Kier molecular flexibility index (Phi) is 3.24. The zero-order valence-corrected chi connectivity index (χ0v) is 12.6. The van der Waals surface area contributed by atoms with E-state index in [-0.39, 0.29) is 5.82 Å². The molecule has 2 nitrogen and oxygen atoms in total. The van der Waals surface area contributed by atoms with Crippen molar-refractivity contribution in [2.45, 2.75) is 6.54 Å². The molecule has 3 aromatic heterocycles. The smallest absolute Gasteiger partial charge is 0.142 e. The third-order valence-corrected chi connectivity index (χ3v) is 4.74. The maximum atomic E-state index is 13.4. The molecule has 1 aromatic carbocycles. The number of aromatic nitrogens is 2. The van der Waals surface area contributed by atoms with Gasteiger partial charge in [0.2, 0.25) is 0 Å². The molecular weight excluding hydrogens is 295 g/mol. The quantitative estimate of drug-likeness (QED) is 0.523. The Morgan fingerprint density at radius 1 is 1.09 bits per heavy atom. The lowest BCUT2D eigenvalue weighted by Crippen LogP contribution is -2.00. The van der Waals surface area contributed by atoms with E-state index in [2.05, 4.69) is 39.2 Å². The number of hydrogen-bond donors (Lipinski definition) is 0. The van der Waals surface area contributed by atoms with E-state index >= 15 is 0 Å². The van der Waals surface area contributed by atoms with Gasteiger partial charge in [0.1, 0.15) is 5.82 Å². The Morgan fingerprint density at radius 2 is 2.05 bits per heavy atom. The summed E-state index contributed by atoms with van der Waals surface area (Å²) in [7, 11) is 0. The van der Waals surface area contributed by atoms with Crippen LogP contribution in [0.4, 0.5) is 4.39 Å². The Hall–Kier alpha value is -2.46. The van der Waals surface area contributed by atoms with Crippen LogP contribution in [0.2, 0.25) is 0 Å². The van der Waals surface area contributed by atoms with Gasteiger partial charge in [0, 0.05) is 34.9 Å². The van der Waals surface area contributed by atoms with Gasteiger partial charge in [0.15, 0.2) is 0 Å². The first kappa shape index (κ1) is 13.2. The predicted molar refractivity (Wildman–Crippen MR) is 88.5 cm³/mol. The maximum Gasteiger partial charge on any atom is 0.142 e. The highest BCUT2D eigenvalue weighted by Gasteiger charge is 2.08. The van der Waals surface area contributed by atoms with Crippen molar-refractivity contribution >= 4 is 21.4 Å². The van der Waals surface area contributed by atoms with E-state index in [4.69, 9.17) is 0 Å². The first-order valence-electron chi connectivity index (χ1n) is 7.02. The van der Waals surface area contributed by atoms with Gasteiger partial charge in [-0.05, 0) is 40.6 Å². The Balaban J connectivity index is 1.76. The first-order chi connectivity index (χ1) is 10.8. The summed E-state index contributed by atoms with van der Waals surface area (Å²) in [6, 6.07) is 14.0. The van der Waals surface area contributed by atoms with Gasteiger partial charge in [0.25, 0.3) is 0 Å². The molecule has 0 radical (unpaired) electrons. The molecule has 0 saturated carbocycles. The van der Waals surface area contributed by atoms with Gasteiger partial charge in [-0.1, -0.05) is 18.2 Å². The summed E-state index contributed by atoms with van der Waals surface area (Å²) >= 11 is 1.75. The minimum absolute atomic E-state index is 0.314. The van der Waals surface area contributed by atoms with Crippen LogP contribution in [0.3, 0.4) is 0 Å². The van der Waals surface area contributed by atoms with Crippen LogP contribution >= 0.6 is 11.3 Å². The number of halogens is 1. The summed E-state index contributed by atoms with van der Waals surface area (Å²) in [4.78, 5) is 3.94. The van der Waals surface area contributed by atoms with Gasteiger partial charge < -0.3 is 4.57 Å². The summed E-state index contributed by atoms with van der Waals surface area (Å²) in [6.07, 6.45) is 4.94. The van der Waals surface area contributed by atoms with Gasteiger partial charge in [0.05, 0.1) is 6.20 Å². The Labute approximate surface area is 131 Å². The van der Waals surface area contributed by atoms with Gasteiger partial charge in [-0.3, -0.25) is 4.98 Å². The van der Waals surface area contributed by atoms with Crippen LogP contribution in [-0.2, 0) is 6.54 Å². The zero-order chi connectivity index (χ0) is 14.9. The van der Waals surface area contributed by atoms with E-state index in [1.807, 2.05) is 18.3 Å². The average molecular weight is 308 g/mol. The van der Waals surface area contributed by atoms with Crippen molar-refractivity contribution in [3.05, 3.63) is 77.8 Å². The van der Waals surface area contributed by atoms with Gasteiger partial charge >= 0.3 is 0 Å². The van der Waals surface area contributed by atoms with Crippen molar-refractivity contribution in [2.24, 2.45) is 0 Å². The van der Waals surface area contributed by atoms with E-state index in [9.17, 15) is 4.39 Å². The summed E-state index contributed by atoms with van der Waals surface area (Å²) < 4.78 is 16.8. The molecule has 0 amide bonds. The normalized spacial score (nSPS) is 11.1. The van der Waals surface area contributed by atoms with Crippen LogP contribution in [-0.4, -0.2) is 9.55 Å². The highest BCUT2D eigenvalue weighted by Crippen LogP contribution is 2.27. The molecule has 0 bridgehead atoms. The lowest BCUT2D eigenvalue weighted by atomic mass is 10.1. The van der Waals surface area contributed by atoms with Gasteiger partial charge in [-0.25, -0.2) is 4.39 Å². The van der Waals surface area contributed by atoms with Crippen molar-refractivity contribution in [2.75, 3.05) is 0 Å². The van der Waals surface area contributed by atoms with E-state index in [1.165, 1.54) is 27.9 Å². The van der Waals surface area contributed by atoms with Crippen molar-refractivity contribution < 1.29 is 4.39 Å². The van der Waals surface area contributed by atoms with E-state index in [0.717, 1.165) is 17.8 Å². The molecule has 4 aromatic rings. The van der Waals surface area contributed by atoms with Gasteiger partial charge in [-0.2, -0.15) is 0 Å². The van der Waals surface area contributed by atoms with E-state index < -0.39 is 0 Å². The highest BCUT2D eigenvalue weighted by atomic mass is 32.1. The van der Waals surface area contributed by atoms with E-state index in [1.54, 1.807) is 17.5 Å². The third-order valence-electron chi connectivity index (χ3n) is 3.73. The number of thiophene rings is 1. The second kappa shape index (κ2) is 5.39. The Morgan fingerprint density at radius 3 is 2.95 bits per heavy atom. The summed E-state index contributed by atoms with van der Waals surface area (Å²) in [5, 5.41) is 3.38. The van der Waals surface area contributed by atoms with Crippen LogP contribution in [0.1, 0.15) is 5.56 Å². The molecular formula is C18H13FN2S. The third kappa shape index (κ3) is 2.31. The number of benzene rings is 1. The fraction of sp³-hybridized carbons (Fsp3) is 0.0556. The standard InChI is InChI=1S/C18H13FN2S/c19-16-9-15(10-20-11-16)17-5-2-7-21(17)12-14-4-1-3-13-6-8-22-18(13)14/h1-11H,12H2. The largest absolute Gasteiger partial charge is 0.343 e. The molecule has 0 N–H and O–H groups in total. The fourth-order valence-electron chi connectivity index (χ4n) is 2.73. The molecule has 0 saturated heterocycles. The molecule has 0 unspecified atom stereocenters. The van der Waals surface area contributed by atoms with Crippen molar-refractivity contribution in [1.29, 1.82) is 0 Å². The molecule has 0 aliphatic rings. The maximum absolute atomic E-state index is 13.4. The highest BCUT2D eigenvalue weighted by molar-refractivity contribution is 7.17. The molecule has 0 aliphatic carbocycles. The number of rotatable bonds is 3. The SMILES string of the molecule is Fc1cncc(-c2cccn2Cc2cccc3ccsc23)c1. The van der Waals surface area contributed by atoms with E-state index in [0.29, 0.717) is 0 Å². The molecule has 0 spiro atoms. The lowest BCUT2D eigenvalue weighted by Gasteiger charge is -2.10. The number of nitrogens with zero attached hydrogens (tertiary/aromatic N) is 2. The Bertz CT molecular complexity index is 939. The fourth-order valence-corrected chi connectivity index (χ4v) is 3.64. The van der Waals surface area contributed by atoms with Crippen molar-refractivity contribution in [3.63, 3.8) is 0 Å². The van der Waals surface area contributed by atoms with Crippen LogP contribution < -0.4 is 0 Å². The molecule has 3 heterocycles. The van der Waals surface area contributed by atoms with Crippen LogP contribution in [0.15, 0.2) is 66.4 Å². The topological polar surface area (TPSA) is 17.8 Å². The molecule has 0 atom stereocenters. The molecule has 0 fully saturated rings. The minimum Gasteiger partial charge on any atom is -0.343 e. The molecule has 22 heavy (non-hydrogen) atoms. The van der Waals surface area contributed by atoms with Crippen molar-refractivity contribution in [3.8, 4) is 11.3 Å². The van der Waals surface area contributed by atoms with Gasteiger partial charge in [-0.15, -0.1) is 11.3 Å². The predicted octanol–water partition coefficient (Wildman–Crippen LogP) is 4.95. The van der Waals surface area contributed by atoms with Crippen LogP contribution in [0, 0.1) is 5.82 Å². The second-order valence-corrected chi connectivity index (χ2v) is 6.09. The summed E-state index contributed by atoms with van der Waals surface area (Å²) in [5.74, 6) is -0.314. The minimum atomic E-state index is -0.314. The molecule has 4 heteroatoms. The number of pyridine rings is 1. The average Bonchev–Trinajstić information content (AvgIpc) is 3.16. The second-order valence-electron chi connectivity index (χ2n) is 5.17. The molecule has 108 valence electrons. The molecule has 4 rings (SSSR count). The number of hydrogen-bond acceptors (Lipinski definition) is 2. The van der Waals surface area contributed by atoms with Crippen LogP contribution in [0.5, 0.6) is 0 Å².